The van der Waals surface area contributed by atoms with Crippen molar-refractivity contribution in [2.45, 2.75) is 0 Å². The number of pyridine rings is 1. The maximum atomic E-state index is 11.0. The first-order valence-electron chi connectivity index (χ1n) is 4.84. The van der Waals surface area contributed by atoms with Crippen LogP contribution >= 0.6 is 0 Å². The fourth-order valence-electron chi connectivity index (χ4n) is 1.39. The van der Waals surface area contributed by atoms with E-state index in [9.17, 15) is 4.79 Å². The number of hydrogen-bond acceptors (Lipinski definition) is 4. The zero-order chi connectivity index (χ0) is 11.4. The second kappa shape index (κ2) is 4.61. The van der Waals surface area contributed by atoms with Gasteiger partial charge in [-0.05, 0) is 12.1 Å². The van der Waals surface area contributed by atoms with Gasteiger partial charge in [0.25, 0.3) is 0 Å². The molecule has 1 heterocycles. The number of nitrogens with zero attached hydrogens (tertiary/aromatic N) is 1. The highest BCUT2D eigenvalue weighted by atomic mass is 16.6. The van der Waals surface area contributed by atoms with E-state index in [0.29, 0.717) is 5.75 Å². The molecule has 82 valence electrons. The lowest BCUT2D eigenvalue weighted by Crippen LogP contribution is -2.12. The molecule has 16 heavy (non-hydrogen) atoms. The minimum atomic E-state index is -0.409. The number of para-hydroxylation sites is 1. The van der Waals surface area contributed by atoms with Crippen LogP contribution in [0.3, 0.4) is 0 Å². The van der Waals surface area contributed by atoms with Gasteiger partial charge >= 0.3 is 5.97 Å². The minimum Gasteiger partial charge on any atom is -0.480 e. The molecule has 1 aromatic carbocycles. The van der Waals surface area contributed by atoms with Crippen molar-refractivity contribution in [1.82, 2.24) is 4.98 Å². The van der Waals surface area contributed by atoms with E-state index in [1.165, 1.54) is 7.11 Å². The van der Waals surface area contributed by atoms with Gasteiger partial charge in [-0.25, -0.2) is 4.79 Å². The average Bonchev–Trinajstić information content (AvgIpc) is 2.35. The highest BCUT2D eigenvalue weighted by molar-refractivity contribution is 5.84. The standard InChI is InChI=1S/C12H11NO3/c1-15-11(14)8-16-10-6-2-4-9-5-3-7-13-12(9)10/h2-7H,8H2,1H3. The summed E-state index contributed by atoms with van der Waals surface area (Å²) in [5.74, 6) is 0.177. The van der Waals surface area contributed by atoms with Crippen LogP contribution in [0.15, 0.2) is 36.5 Å². The van der Waals surface area contributed by atoms with Crippen LogP contribution < -0.4 is 4.74 Å². The molecular formula is C12H11NO3. The van der Waals surface area contributed by atoms with Gasteiger partial charge in [-0.2, -0.15) is 0 Å². The largest absolute Gasteiger partial charge is 0.480 e. The predicted molar refractivity (Wildman–Crippen MR) is 59.3 cm³/mol. The first-order valence-corrected chi connectivity index (χ1v) is 4.84. The number of aromatic nitrogens is 1. The van der Waals surface area contributed by atoms with Crippen LogP contribution in [0.4, 0.5) is 0 Å². The Hall–Kier alpha value is -2.10. The van der Waals surface area contributed by atoms with E-state index < -0.39 is 5.97 Å². The van der Waals surface area contributed by atoms with Crippen molar-refractivity contribution in [3.8, 4) is 5.75 Å². The van der Waals surface area contributed by atoms with E-state index >= 15 is 0 Å². The number of hydrogen-bond donors (Lipinski definition) is 0. The number of rotatable bonds is 3. The van der Waals surface area contributed by atoms with Gasteiger partial charge in [0.1, 0.15) is 11.3 Å². The smallest absolute Gasteiger partial charge is 0.343 e. The van der Waals surface area contributed by atoms with Gasteiger partial charge in [-0.15, -0.1) is 0 Å². The minimum absolute atomic E-state index is 0.105. The van der Waals surface area contributed by atoms with Crippen molar-refractivity contribution in [2.24, 2.45) is 0 Å². The molecule has 0 unspecified atom stereocenters. The molecule has 0 N–H and O–H groups in total. The summed E-state index contributed by atoms with van der Waals surface area (Å²) in [6.45, 7) is -0.105. The van der Waals surface area contributed by atoms with Gasteiger partial charge in [-0.1, -0.05) is 18.2 Å². The molecule has 2 rings (SSSR count). The van der Waals surface area contributed by atoms with Crippen LogP contribution in [0.25, 0.3) is 10.9 Å². The summed E-state index contributed by atoms with van der Waals surface area (Å²) in [5, 5.41) is 0.977. The van der Waals surface area contributed by atoms with Crippen LogP contribution in [-0.2, 0) is 9.53 Å². The second-order valence-electron chi connectivity index (χ2n) is 3.20. The molecule has 0 aliphatic heterocycles. The Morgan fingerprint density at radius 3 is 2.94 bits per heavy atom. The summed E-state index contributed by atoms with van der Waals surface area (Å²) in [6, 6.07) is 9.36. The maximum Gasteiger partial charge on any atom is 0.343 e. The Labute approximate surface area is 92.8 Å². The Morgan fingerprint density at radius 1 is 1.31 bits per heavy atom. The Morgan fingerprint density at radius 2 is 2.12 bits per heavy atom. The summed E-state index contributed by atoms with van der Waals surface area (Å²) in [5.41, 5.74) is 0.744. The topological polar surface area (TPSA) is 48.4 Å². The van der Waals surface area contributed by atoms with Crippen LogP contribution in [0.1, 0.15) is 0 Å². The lowest BCUT2D eigenvalue weighted by Gasteiger charge is -2.06. The number of esters is 1. The number of fused-ring (bicyclic) bond motifs is 1. The highest BCUT2D eigenvalue weighted by Crippen LogP contribution is 2.22. The van der Waals surface area contributed by atoms with Gasteiger partial charge in [-0.3, -0.25) is 4.98 Å². The molecule has 0 bridgehead atoms. The van der Waals surface area contributed by atoms with E-state index in [1.807, 2.05) is 24.3 Å². The zero-order valence-corrected chi connectivity index (χ0v) is 8.84. The third-order valence-electron chi connectivity index (χ3n) is 2.17. The SMILES string of the molecule is COC(=O)COc1cccc2cccnc12. The van der Waals surface area contributed by atoms with Crippen molar-refractivity contribution in [3.63, 3.8) is 0 Å². The molecule has 0 saturated carbocycles. The van der Waals surface area contributed by atoms with Gasteiger partial charge in [0.05, 0.1) is 7.11 Å². The maximum absolute atomic E-state index is 11.0. The van der Waals surface area contributed by atoms with Gasteiger partial charge in [0.2, 0.25) is 0 Å². The van der Waals surface area contributed by atoms with E-state index in [-0.39, 0.29) is 6.61 Å². The number of methoxy groups -OCH3 is 1. The van der Waals surface area contributed by atoms with Crippen molar-refractivity contribution >= 4 is 16.9 Å². The first kappa shape index (κ1) is 10.4. The van der Waals surface area contributed by atoms with Gasteiger partial charge in [0, 0.05) is 11.6 Å². The summed E-state index contributed by atoms with van der Waals surface area (Å²) in [4.78, 5) is 15.2. The van der Waals surface area contributed by atoms with Crippen LogP contribution in [0.2, 0.25) is 0 Å². The van der Waals surface area contributed by atoms with Crippen molar-refractivity contribution in [1.29, 1.82) is 0 Å². The highest BCUT2D eigenvalue weighted by Gasteiger charge is 2.05. The fraction of sp³-hybridized carbons (Fsp3) is 0.167. The zero-order valence-electron chi connectivity index (χ0n) is 8.84. The monoisotopic (exact) mass is 217 g/mol. The first-order chi connectivity index (χ1) is 7.81. The van der Waals surface area contributed by atoms with Crippen LogP contribution in [0.5, 0.6) is 5.75 Å². The summed E-state index contributed by atoms with van der Waals surface area (Å²) >= 11 is 0. The predicted octanol–water partition coefficient (Wildman–Crippen LogP) is 1.79. The molecule has 0 saturated heterocycles. The third-order valence-corrected chi connectivity index (χ3v) is 2.17. The van der Waals surface area contributed by atoms with E-state index in [1.54, 1.807) is 12.3 Å². The molecule has 0 fully saturated rings. The van der Waals surface area contributed by atoms with Crippen LogP contribution in [0, 0.1) is 0 Å². The number of carbonyl (C=O) groups excluding carboxylic acids is 1. The lowest BCUT2D eigenvalue weighted by molar-refractivity contribution is -0.142. The number of ether oxygens (including phenoxy) is 2. The molecule has 4 heteroatoms. The molecule has 0 amide bonds. The number of benzene rings is 1. The lowest BCUT2D eigenvalue weighted by atomic mass is 10.2. The number of carbonyl (C=O) groups is 1. The van der Waals surface area contributed by atoms with E-state index in [4.69, 9.17) is 4.74 Å². The molecule has 1 aromatic heterocycles. The quantitative estimate of drug-likeness (QED) is 0.735. The summed E-state index contributed by atoms with van der Waals surface area (Å²) in [7, 11) is 1.33. The van der Waals surface area contributed by atoms with Crippen molar-refractivity contribution in [3.05, 3.63) is 36.5 Å². The molecule has 0 radical (unpaired) electrons. The summed E-state index contributed by atoms with van der Waals surface area (Å²) in [6.07, 6.45) is 1.69. The Balaban J connectivity index is 2.27. The Bertz CT molecular complexity index is 505. The molecule has 4 nitrogen and oxygen atoms in total. The molecule has 2 aromatic rings. The molecule has 0 aliphatic rings. The molecular weight excluding hydrogens is 206 g/mol. The molecule has 0 aliphatic carbocycles. The summed E-state index contributed by atoms with van der Waals surface area (Å²) < 4.78 is 9.83. The Kier molecular flexibility index (Phi) is 3.00. The van der Waals surface area contributed by atoms with Crippen molar-refractivity contribution < 1.29 is 14.3 Å². The molecule has 0 spiro atoms. The average molecular weight is 217 g/mol. The van der Waals surface area contributed by atoms with Crippen LogP contribution in [-0.4, -0.2) is 24.7 Å². The van der Waals surface area contributed by atoms with Crippen molar-refractivity contribution in [2.75, 3.05) is 13.7 Å². The normalized spacial score (nSPS) is 10.1. The second-order valence-corrected chi connectivity index (χ2v) is 3.20. The molecule has 0 atom stereocenters. The van der Waals surface area contributed by atoms with E-state index in [0.717, 1.165) is 10.9 Å². The van der Waals surface area contributed by atoms with Gasteiger partial charge in [0.15, 0.2) is 6.61 Å². The van der Waals surface area contributed by atoms with E-state index in [2.05, 4.69) is 9.72 Å². The third kappa shape index (κ3) is 2.11. The fourth-order valence-corrected chi connectivity index (χ4v) is 1.39. The van der Waals surface area contributed by atoms with Gasteiger partial charge < -0.3 is 9.47 Å².